The molecule has 2 heterocycles. The fourth-order valence-electron chi connectivity index (χ4n) is 3.37. The van der Waals surface area contributed by atoms with E-state index in [-0.39, 0.29) is 5.92 Å². The predicted octanol–water partition coefficient (Wildman–Crippen LogP) is 2.02. The number of anilines is 2. The van der Waals surface area contributed by atoms with Gasteiger partial charge in [0.25, 0.3) is 0 Å². The van der Waals surface area contributed by atoms with Gasteiger partial charge in [-0.3, -0.25) is 0 Å². The smallest absolute Gasteiger partial charge is 0.374 e. The third-order valence-corrected chi connectivity index (χ3v) is 7.67. The highest BCUT2D eigenvalue weighted by molar-refractivity contribution is 6.60. The van der Waals surface area contributed by atoms with Crippen LogP contribution >= 0.6 is 0 Å². The van der Waals surface area contributed by atoms with Crippen LogP contribution in [0, 0.1) is 0 Å². The fourth-order valence-corrected chi connectivity index (χ4v) is 6.01. The van der Waals surface area contributed by atoms with Crippen LogP contribution in [0.1, 0.15) is 64.0 Å². The molecule has 0 saturated carbocycles. The average molecular weight is 427 g/mol. The van der Waals surface area contributed by atoms with Gasteiger partial charge in [0.1, 0.15) is 0 Å². The summed E-state index contributed by atoms with van der Waals surface area (Å²) in [6.07, 6.45) is 4.29. The fraction of sp³-hybridized carbons (Fsp3) is 0.765. The molecule has 1 unspecified atom stereocenters. The van der Waals surface area contributed by atoms with E-state index in [1.165, 1.54) is 0 Å². The van der Waals surface area contributed by atoms with Crippen molar-refractivity contribution in [3.05, 3.63) is 11.6 Å². The lowest BCUT2D eigenvalue weighted by molar-refractivity contribution is 0.0705. The Kier molecular flexibility index (Phi) is 9.51. The van der Waals surface area contributed by atoms with Crippen LogP contribution in [-0.4, -0.2) is 59.0 Å². The minimum Gasteiger partial charge on any atom is -0.374 e. The van der Waals surface area contributed by atoms with Crippen LogP contribution in [0.4, 0.5) is 11.9 Å². The molecule has 2 aromatic heterocycles. The van der Waals surface area contributed by atoms with Gasteiger partial charge in [-0.1, -0.05) is 0 Å². The largest absolute Gasteiger partial charge is 0.500 e. The Morgan fingerprint density at radius 3 is 1.97 bits per heavy atom. The molecule has 0 amide bonds. The van der Waals surface area contributed by atoms with Crippen molar-refractivity contribution in [2.24, 2.45) is 0 Å². The Morgan fingerprint density at radius 1 is 0.862 bits per heavy atom. The molecule has 0 aliphatic carbocycles. The van der Waals surface area contributed by atoms with Crippen LogP contribution in [0.5, 0.6) is 0 Å². The van der Waals surface area contributed by atoms with Gasteiger partial charge in [0.2, 0.25) is 11.9 Å². The highest BCUT2D eigenvalue weighted by Crippen LogP contribution is 2.28. The molecule has 12 heteroatoms. The molecule has 2 rings (SSSR count). The monoisotopic (exact) mass is 426 g/mol. The quantitative estimate of drug-likeness (QED) is 0.312. The number of hydrogen-bond acceptors (Lipinski definition) is 9. The van der Waals surface area contributed by atoms with E-state index in [4.69, 9.17) is 24.7 Å². The SMILES string of the molecule is CCO[Si](CCCC(CCCc1n[nH]c(N)n1)c1n[nH]c(N)n1)(OCC)OCC. The Labute approximate surface area is 172 Å². The normalized spacial score (nSPS) is 13.1. The number of aryl methyl sites for hydroxylation is 1. The summed E-state index contributed by atoms with van der Waals surface area (Å²) in [4.78, 5) is 8.49. The second-order valence-corrected chi connectivity index (χ2v) is 9.41. The van der Waals surface area contributed by atoms with Crippen LogP contribution in [-0.2, 0) is 19.7 Å². The van der Waals surface area contributed by atoms with Gasteiger partial charge in [0.15, 0.2) is 11.6 Å². The second kappa shape index (κ2) is 11.9. The summed E-state index contributed by atoms with van der Waals surface area (Å²) in [5.41, 5.74) is 11.3. The summed E-state index contributed by atoms with van der Waals surface area (Å²) < 4.78 is 17.8. The number of nitrogens with zero attached hydrogens (tertiary/aromatic N) is 4. The van der Waals surface area contributed by atoms with Gasteiger partial charge in [-0.25, -0.2) is 10.2 Å². The third kappa shape index (κ3) is 7.38. The molecule has 0 aliphatic rings. The van der Waals surface area contributed by atoms with E-state index in [1.54, 1.807) is 0 Å². The highest BCUT2D eigenvalue weighted by Gasteiger charge is 2.39. The number of H-pyrrole nitrogens is 2. The molecule has 0 fully saturated rings. The molecule has 29 heavy (non-hydrogen) atoms. The number of rotatable bonds is 15. The van der Waals surface area contributed by atoms with Gasteiger partial charge < -0.3 is 24.7 Å². The van der Waals surface area contributed by atoms with E-state index in [1.807, 2.05) is 20.8 Å². The molecular weight excluding hydrogens is 392 g/mol. The van der Waals surface area contributed by atoms with Crippen molar-refractivity contribution < 1.29 is 13.3 Å². The van der Waals surface area contributed by atoms with Crippen LogP contribution in [0.3, 0.4) is 0 Å². The minimum atomic E-state index is -2.65. The van der Waals surface area contributed by atoms with Crippen molar-refractivity contribution in [2.45, 2.75) is 64.8 Å². The van der Waals surface area contributed by atoms with Gasteiger partial charge in [0, 0.05) is 38.2 Å². The summed E-state index contributed by atoms with van der Waals surface area (Å²) in [6, 6.07) is 0.760. The molecule has 11 nitrogen and oxygen atoms in total. The number of nitrogen functional groups attached to an aromatic ring is 2. The lowest BCUT2D eigenvalue weighted by Crippen LogP contribution is -2.45. The Bertz CT molecular complexity index is 693. The maximum atomic E-state index is 5.95. The van der Waals surface area contributed by atoms with E-state index in [0.29, 0.717) is 37.5 Å². The van der Waals surface area contributed by atoms with Crippen molar-refractivity contribution in [2.75, 3.05) is 31.3 Å². The number of aromatic amines is 2. The third-order valence-electron chi connectivity index (χ3n) is 4.52. The maximum Gasteiger partial charge on any atom is 0.500 e. The van der Waals surface area contributed by atoms with Crippen molar-refractivity contribution in [1.29, 1.82) is 0 Å². The Hall–Kier alpha value is -2.02. The van der Waals surface area contributed by atoms with Gasteiger partial charge in [-0.05, 0) is 46.5 Å². The first-order chi connectivity index (χ1) is 14.0. The lowest BCUT2D eigenvalue weighted by Gasteiger charge is -2.28. The van der Waals surface area contributed by atoms with E-state index in [2.05, 4.69) is 30.4 Å². The summed E-state index contributed by atoms with van der Waals surface area (Å²) in [5.74, 6) is 2.27. The topological polar surface area (TPSA) is 163 Å². The van der Waals surface area contributed by atoms with Crippen LogP contribution in [0.15, 0.2) is 0 Å². The van der Waals surface area contributed by atoms with Crippen molar-refractivity contribution in [3.63, 3.8) is 0 Å². The molecule has 0 bridgehead atoms. The Balaban J connectivity index is 1.95. The molecule has 0 saturated heterocycles. The number of hydrogen-bond donors (Lipinski definition) is 4. The van der Waals surface area contributed by atoms with E-state index < -0.39 is 8.80 Å². The molecule has 2 aromatic rings. The molecule has 164 valence electrons. The zero-order chi connectivity index (χ0) is 21.1. The number of nitrogens with one attached hydrogen (secondary N) is 2. The van der Waals surface area contributed by atoms with Crippen molar-refractivity contribution >= 4 is 20.7 Å². The van der Waals surface area contributed by atoms with E-state index in [0.717, 1.165) is 44.0 Å². The highest BCUT2D eigenvalue weighted by atomic mass is 28.4. The zero-order valence-electron chi connectivity index (χ0n) is 17.6. The first kappa shape index (κ1) is 23.3. The first-order valence-electron chi connectivity index (χ1n) is 10.3. The second-order valence-electron chi connectivity index (χ2n) is 6.68. The number of nitrogens with two attached hydrogens (primary N) is 2. The molecule has 6 N–H and O–H groups in total. The standard InChI is InChI=1S/C17H34N8O3Si/c1-4-26-29(27-5-2,28-6-3)12-8-10-13(15-21-17(19)25-23-15)9-7-11-14-20-16(18)24-22-14/h13H,4-12H2,1-3H3,(H3,18,20,22,24)(H3,19,21,23,25). The van der Waals surface area contributed by atoms with Gasteiger partial charge in [-0.2, -0.15) is 20.2 Å². The maximum absolute atomic E-state index is 5.95. The average Bonchev–Trinajstić information content (AvgIpc) is 3.29. The zero-order valence-corrected chi connectivity index (χ0v) is 18.6. The molecule has 0 spiro atoms. The summed E-state index contributed by atoms with van der Waals surface area (Å²) in [5, 5.41) is 13.7. The summed E-state index contributed by atoms with van der Waals surface area (Å²) in [6.45, 7) is 7.63. The summed E-state index contributed by atoms with van der Waals surface area (Å²) in [7, 11) is -2.65. The van der Waals surface area contributed by atoms with E-state index >= 15 is 0 Å². The molecular formula is C17H34N8O3Si. The molecule has 1 atom stereocenters. The summed E-state index contributed by atoms with van der Waals surface area (Å²) >= 11 is 0. The van der Waals surface area contributed by atoms with Crippen molar-refractivity contribution in [1.82, 2.24) is 30.4 Å². The molecule has 0 aliphatic heterocycles. The lowest BCUT2D eigenvalue weighted by atomic mass is 9.96. The molecule has 0 aromatic carbocycles. The van der Waals surface area contributed by atoms with Gasteiger partial charge >= 0.3 is 8.80 Å². The first-order valence-corrected chi connectivity index (χ1v) is 12.2. The molecule has 0 radical (unpaired) electrons. The van der Waals surface area contributed by atoms with Crippen LogP contribution < -0.4 is 11.5 Å². The van der Waals surface area contributed by atoms with Crippen LogP contribution in [0.2, 0.25) is 6.04 Å². The van der Waals surface area contributed by atoms with E-state index in [9.17, 15) is 0 Å². The van der Waals surface area contributed by atoms with Gasteiger partial charge in [0.05, 0.1) is 0 Å². The van der Waals surface area contributed by atoms with Crippen LogP contribution in [0.25, 0.3) is 0 Å². The van der Waals surface area contributed by atoms with Crippen molar-refractivity contribution in [3.8, 4) is 0 Å². The predicted molar refractivity (Wildman–Crippen MR) is 112 cm³/mol. The minimum absolute atomic E-state index is 0.163. The Morgan fingerprint density at radius 2 is 1.45 bits per heavy atom. The number of aromatic nitrogens is 6. The van der Waals surface area contributed by atoms with Gasteiger partial charge in [-0.15, -0.1) is 0 Å².